The number of halogens is 1. The van der Waals surface area contributed by atoms with Crippen LogP contribution < -0.4 is 0 Å². The lowest BCUT2D eigenvalue weighted by atomic mass is 9.92. The minimum absolute atomic E-state index is 0.194. The van der Waals surface area contributed by atoms with Gasteiger partial charge in [-0.15, -0.1) is 0 Å². The van der Waals surface area contributed by atoms with E-state index < -0.39 is 5.67 Å². The third kappa shape index (κ3) is 2.67. The van der Waals surface area contributed by atoms with Crippen molar-refractivity contribution < 1.29 is 4.39 Å². The fraction of sp³-hybridized carbons (Fsp3) is 1.00. The zero-order valence-corrected chi connectivity index (χ0v) is 9.52. The summed E-state index contributed by atoms with van der Waals surface area (Å²) in [7, 11) is 0. The molecular weight excluding hydrogens is 165 g/mol. The van der Waals surface area contributed by atoms with Crippen LogP contribution in [0.25, 0.3) is 0 Å². The van der Waals surface area contributed by atoms with Crippen LogP contribution in [0.15, 0.2) is 0 Å². The molecule has 0 aromatic rings. The Hall–Kier alpha value is -0.110. The van der Waals surface area contributed by atoms with Crippen LogP contribution in [0.5, 0.6) is 0 Å². The number of nitrogens with zero attached hydrogens (tertiary/aromatic N) is 1. The van der Waals surface area contributed by atoms with E-state index in [0.29, 0.717) is 0 Å². The standard InChI is InChI=1S/C11H22FN/c1-10(2,3)13-7-6-9(8-13)11(4,5)12/h9H,6-8H2,1-5H3/t9-/m1/s1. The number of rotatable bonds is 1. The normalized spacial score (nSPS) is 26.8. The summed E-state index contributed by atoms with van der Waals surface area (Å²) in [4.78, 5) is 2.37. The van der Waals surface area contributed by atoms with E-state index in [1.807, 2.05) is 0 Å². The summed E-state index contributed by atoms with van der Waals surface area (Å²) in [6.45, 7) is 11.9. The molecule has 0 aromatic carbocycles. The first-order chi connectivity index (χ1) is 5.71. The van der Waals surface area contributed by atoms with E-state index in [-0.39, 0.29) is 11.5 Å². The Balaban J connectivity index is 2.55. The lowest BCUT2D eigenvalue weighted by molar-refractivity contribution is 0.106. The molecule has 1 rings (SSSR count). The van der Waals surface area contributed by atoms with Crippen molar-refractivity contribution in [3.8, 4) is 0 Å². The van der Waals surface area contributed by atoms with E-state index in [9.17, 15) is 4.39 Å². The molecule has 0 spiro atoms. The van der Waals surface area contributed by atoms with Crippen molar-refractivity contribution in [2.24, 2.45) is 5.92 Å². The number of hydrogen-bond acceptors (Lipinski definition) is 1. The van der Waals surface area contributed by atoms with Gasteiger partial charge in [0.15, 0.2) is 0 Å². The molecule has 1 aliphatic heterocycles. The van der Waals surface area contributed by atoms with Crippen LogP contribution >= 0.6 is 0 Å². The quantitative estimate of drug-likeness (QED) is 0.610. The second-order valence-electron chi connectivity index (χ2n) is 5.67. The highest BCUT2D eigenvalue weighted by Crippen LogP contribution is 2.33. The summed E-state index contributed by atoms with van der Waals surface area (Å²) in [6.07, 6.45) is 1.00. The average molecular weight is 187 g/mol. The van der Waals surface area contributed by atoms with Crippen LogP contribution in [0.4, 0.5) is 4.39 Å². The first kappa shape index (κ1) is 11.0. The van der Waals surface area contributed by atoms with Crippen molar-refractivity contribution in [2.75, 3.05) is 13.1 Å². The fourth-order valence-electron chi connectivity index (χ4n) is 1.93. The minimum Gasteiger partial charge on any atom is -0.298 e. The van der Waals surface area contributed by atoms with E-state index in [0.717, 1.165) is 19.5 Å². The lowest BCUT2D eigenvalue weighted by Crippen LogP contribution is -2.40. The molecule has 2 heteroatoms. The summed E-state index contributed by atoms with van der Waals surface area (Å²) < 4.78 is 13.6. The summed E-state index contributed by atoms with van der Waals surface area (Å²) in [5, 5.41) is 0. The van der Waals surface area contributed by atoms with Gasteiger partial charge in [-0.3, -0.25) is 4.90 Å². The molecule has 13 heavy (non-hydrogen) atoms. The monoisotopic (exact) mass is 187 g/mol. The van der Waals surface area contributed by atoms with Gasteiger partial charge in [0, 0.05) is 18.0 Å². The molecule has 0 amide bonds. The third-order valence-electron chi connectivity index (χ3n) is 3.11. The maximum Gasteiger partial charge on any atom is 0.109 e. The Morgan fingerprint density at radius 1 is 1.15 bits per heavy atom. The Bertz CT molecular complexity index is 156. The minimum atomic E-state index is -1.01. The van der Waals surface area contributed by atoms with Crippen molar-refractivity contribution in [1.29, 1.82) is 0 Å². The molecule has 0 unspecified atom stereocenters. The Labute approximate surface area is 81.3 Å². The maximum absolute atomic E-state index is 13.6. The van der Waals surface area contributed by atoms with Gasteiger partial charge in [0.2, 0.25) is 0 Å². The first-order valence-corrected chi connectivity index (χ1v) is 5.15. The number of hydrogen-bond donors (Lipinski definition) is 0. The van der Waals surface area contributed by atoms with E-state index >= 15 is 0 Å². The van der Waals surface area contributed by atoms with Crippen molar-refractivity contribution in [3.63, 3.8) is 0 Å². The number of likely N-dealkylation sites (tertiary alicyclic amines) is 1. The molecule has 0 bridgehead atoms. The average Bonchev–Trinajstić information content (AvgIpc) is 2.28. The molecule has 0 aliphatic carbocycles. The predicted molar refractivity (Wildman–Crippen MR) is 54.6 cm³/mol. The summed E-state index contributed by atoms with van der Waals surface area (Å²) in [5.74, 6) is 0.215. The highest BCUT2D eigenvalue weighted by Gasteiger charge is 2.38. The third-order valence-corrected chi connectivity index (χ3v) is 3.11. The summed E-state index contributed by atoms with van der Waals surface area (Å²) in [6, 6.07) is 0. The lowest BCUT2D eigenvalue weighted by Gasteiger charge is -2.32. The predicted octanol–water partition coefficient (Wildman–Crippen LogP) is 2.85. The van der Waals surface area contributed by atoms with Gasteiger partial charge in [0.25, 0.3) is 0 Å². The molecule has 0 radical (unpaired) electrons. The Morgan fingerprint density at radius 3 is 1.92 bits per heavy atom. The van der Waals surface area contributed by atoms with Crippen molar-refractivity contribution >= 4 is 0 Å². The van der Waals surface area contributed by atoms with E-state index in [1.54, 1.807) is 13.8 Å². The maximum atomic E-state index is 13.6. The highest BCUT2D eigenvalue weighted by atomic mass is 19.1. The van der Waals surface area contributed by atoms with Crippen LogP contribution in [0.3, 0.4) is 0 Å². The van der Waals surface area contributed by atoms with Crippen LogP contribution in [0.1, 0.15) is 41.0 Å². The van der Waals surface area contributed by atoms with Gasteiger partial charge in [0.05, 0.1) is 0 Å². The van der Waals surface area contributed by atoms with Gasteiger partial charge in [-0.05, 0) is 47.6 Å². The van der Waals surface area contributed by atoms with Gasteiger partial charge in [-0.25, -0.2) is 4.39 Å². The molecule has 1 nitrogen and oxygen atoms in total. The van der Waals surface area contributed by atoms with Crippen molar-refractivity contribution in [1.82, 2.24) is 4.90 Å². The smallest absolute Gasteiger partial charge is 0.109 e. The SMILES string of the molecule is CC(C)(F)[C@@H]1CCN(C(C)(C)C)C1. The van der Waals surface area contributed by atoms with Crippen LogP contribution in [-0.4, -0.2) is 29.2 Å². The van der Waals surface area contributed by atoms with Crippen LogP contribution in [0.2, 0.25) is 0 Å². The van der Waals surface area contributed by atoms with Crippen LogP contribution in [-0.2, 0) is 0 Å². The molecule has 1 atom stereocenters. The van der Waals surface area contributed by atoms with Gasteiger partial charge in [-0.2, -0.15) is 0 Å². The molecule has 1 aliphatic rings. The second-order valence-corrected chi connectivity index (χ2v) is 5.67. The first-order valence-electron chi connectivity index (χ1n) is 5.15. The molecular formula is C11H22FN. The number of alkyl halides is 1. The second kappa shape index (κ2) is 3.23. The van der Waals surface area contributed by atoms with E-state index in [2.05, 4.69) is 25.7 Å². The molecule has 1 heterocycles. The molecule has 0 aromatic heterocycles. The zero-order chi connectivity index (χ0) is 10.3. The summed E-state index contributed by atoms with van der Waals surface area (Å²) in [5.41, 5.74) is -0.819. The molecule has 1 fully saturated rings. The van der Waals surface area contributed by atoms with Gasteiger partial charge in [0.1, 0.15) is 5.67 Å². The van der Waals surface area contributed by atoms with Crippen LogP contribution in [0, 0.1) is 5.92 Å². The van der Waals surface area contributed by atoms with Crippen molar-refractivity contribution in [3.05, 3.63) is 0 Å². The van der Waals surface area contributed by atoms with Gasteiger partial charge < -0.3 is 0 Å². The Morgan fingerprint density at radius 2 is 1.69 bits per heavy atom. The largest absolute Gasteiger partial charge is 0.298 e. The molecule has 1 saturated heterocycles. The Kier molecular flexibility index (Phi) is 2.73. The highest BCUT2D eigenvalue weighted by molar-refractivity contribution is 4.91. The summed E-state index contributed by atoms with van der Waals surface area (Å²) >= 11 is 0. The molecule has 78 valence electrons. The zero-order valence-electron chi connectivity index (χ0n) is 9.52. The fourth-order valence-corrected chi connectivity index (χ4v) is 1.93. The van der Waals surface area contributed by atoms with Gasteiger partial charge in [-0.1, -0.05) is 0 Å². The molecule has 0 N–H and O–H groups in total. The van der Waals surface area contributed by atoms with E-state index in [4.69, 9.17) is 0 Å². The van der Waals surface area contributed by atoms with E-state index in [1.165, 1.54) is 0 Å². The topological polar surface area (TPSA) is 3.24 Å². The van der Waals surface area contributed by atoms with Crippen molar-refractivity contribution in [2.45, 2.75) is 52.2 Å². The van der Waals surface area contributed by atoms with Gasteiger partial charge >= 0.3 is 0 Å². The molecule has 0 saturated carbocycles.